The number of hydrogen-bond donors (Lipinski definition) is 1. The van der Waals surface area contributed by atoms with E-state index in [0.29, 0.717) is 37.0 Å². The zero-order valence-electron chi connectivity index (χ0n) is 20.1. The zero-order chi connectivity index (χ0) is 24.2. The van der Waals surface area contributed by atoms with E-state index in [4.69, 9.17) is 16.3 Å². The summed E-state index contributed by atoms with van der Waals surface area (Å²) in [6, 6.07) is 15.9. The molecule has 2 amide bonds. The minimum atomic E-state index is -0.220. The maximum absolute atomic E-state index is 13.7. The molecule has 0 saturated carbocycles. The second kappa shape index (κ2) is 11.0. The first-order valence-electron chi connectivity index (χ1n) is 12.8. The molecule has 3 aliphatic heterocycles. The van der Waals surface area contributed by atoms with E-state index in [9.17, 15) is 9.59 Å². The van der Waals surface area contributed by atoms with Crippen LogP contribution in [0, 0.1) is 11.8 Å². The van der Waals surface area contributed by atoms with Gasteiger partial charge in [0, 0.05) is 62.4 Å². The summed E-state index contributed by atoms with van der Waals surface area (Å²) in [6.45, 7) is 4.25. The van der Waals surface area contributed by atoms with Gasteiger partial charge in [0.2, 0.25) is 11.8 Å². The Morgan fingerprint density at radius 1 is 0.971 bits per heavy atom. The lowest BCUT2D eigenvalue weighted by Gasteiger charge is -2.36. The third-order valence-corrected chi connectivity index (χ3v) is 7.98. The molecule has 0 spiro atoms. The topological polar surface area (TPSA) is 61.9 Å². The molecule has 35 heavy (non-hydrogen) atoms. The number of piperidine rings is 1. The van der Waals surface area contributed by atoms with Gasteiger partial charge in [0.1, 0.15) is 6.04 Å². The predicted molar refractivity (Wildman–Crippen MR) is 137 cm³/mol. The number of halogens is 1. The van der Waals surface area contributed by atoms with Crippen LogP contribution < -0.4 is 10.2 Å². The summed E-state index contributed by atoms with van der Waals surface area (Å²) >= 11 is 6.08. The van der Waals surface area contributed by atoms with Crippen molar-refractivity contribution in [2.24, 2.45) is 11.8 Å². The summed E-state index contributed by atoms with van der Waals surface area (Å²) < 4.78 is 5.41. The molecule has 2 fully saturated rings. The first-order chi connectivity index (χ1) is 17.1. The lowest BCUT2D eigenvalue weighted by molar-refractivity contribution is -0.136. The van der Waals surface area contributed by atoms with Gasteiger partial charge in [-0.25, -0.2) is 0 Å². The van der Waals surface area contributed by atoms with Crippen LogP contribution in [0.2, 0.25) is 5.02 Å². The lowest BCUT2D eigenvalue weighted by Crippen LogP contribution is -2.51. The van der Waals surface area contributed by atoms with Crippen LogP contribution in [0.4, 0.5) is 5.69 Å². The minimum Gasteiger partial charge on any atom is -0.381 e. The van der Waals surface area contributed by atoms with Crippen molar-refractivity contribution in [2.75, 3.05) is 37.7 Å². The molecule has 0 aromatic heterocycles. The normalized spacial score (nSPS) is 21.1. The summed E-state index contributed by atoms with van der Waals surface area (Å²) in [5.74, 6) is 0.812. The maximum Gasteiger partial charge on any atom is 0.245 e. The Morgan fingerprint density at radius 2 is 1.69 bits per heavy atom. The number of fused-ring (bicyclic) bond motifs is 1. The van der Waals surface area contributed by atoms with Crippen molar-refractivity contribution in [1.82, 2.24) is 10.2 Å². The van der Waals surface area contributed by atoms with Crippen LogP contribution in [0.1, 0.15) is 36.8 Å². The molecule has 3 aliphatic rings. The molecule has 2 aromatic rings. The number of amides is 2. The highest BCUT2D eigenvalue weighted by molar-refractivity contribution is 6.30. The van der Waals surface area contributed by atoms with Crippen molar-refractivity contribution in [2.45, 2.75) is 44.7 Å². The summed E-state index contributed by atoms with van der Waals surface area (Å²) in [4.78, 5) is 30.6. The van der Waals surface area contributed by atoms with Gasteiger partial charge in [-0.05, 0) is 60.9 Å². The Bertz CT molecular complexity index is 1030. The highest BCUT2D eigenvalue weighted by Gasteiger charge is 2.38. The fourth-order valence-electron chi connectivity index (χ4n) is 5.57. The lowest BCUT2D eigenvalue weighted by atomic mass is 9.94. The summed E-state index contributed by atoms with van der Waals surface area (Å²) in [5.41, 5.74) is 3.47. The molecule has 6 nitrogen and oxygen atoms in total. The van der Waals surface area contributed by atoms with Gasteiger partial charge in [0.15, 0.2) is 0 Å². The predicted octanol–water partition coefficient (Wildman–Crippen LogP) is 4.05. The molecular formula is C28H34ClN3O3. The molecule has 3 heterocycles. The molecule has 186 valence electrons. The number of para-hydroxylation sites is 1. The number of nitrogens with zero attached hydrogens (tertiary/aromatic N) is 2. The number of benzene rings is 2. The second-order valence-corrected chi connectivity index (χ2v) is 10.4. The van der Waals surface area contributed by atoms with E-state index in [1.54, 1.807) is 0 Å². The number of anilines is 1. The molecule has 1 N–H and O–H groups in total. The Kier molecular flexibility index (Phi) is 7.59. The molecular weight excluding hydrogens is 462 g/mol. The largest absolute Gasteiger partial charge is 0.381 e. The van der Waals surface area contributed by atoms with E-state index in [2.05, 4.69) is 22.3 Å². The van der Waals surface area contributed by atoms with E-state index in [1.807, 2.05) is 41.3 Å². The number of ether oxygens (including phenoxy) is 1. The van der Waals surface area contributed by atoms with Crippen LogP contribution in [0.25, 0.3) is 0 Å². The van der Waals surface area contributed by atoms with Crippen LogP contribution in [0.15, 0.2) is 48.5 Å². The Labute approximate surface area is 212 Å². The molecule has 2 saturated heterocycles. The molecule has 0 radical (unpaired) electrons. The number of carbonyl (C=O) groups is 2. The summed E-state index contributed by atoms with van der Waals surface area (Å²) in [6.07, 6.45) is 4.20. The number of carbonyl (C=O) groups excluding carboxylic acids is 2. The monoisotopic (exact) mass is 495 g/mol. The number of likely N-dealkylation sites (tertiary alicyclic amines) is 1. The summed E-state index contributed by atoms with van der Waals surface area (Å²) in [7, 11) is 0. The third kappa shape index (κ3) is 5.65. The maximum atomic E-state index is 13.7. The molecule has 7 heteroatoms. The quantitative estimate of drug-likeness (QED) is 0.656. The standard InChI is InChI=1S/C28H34ClN3O3/c29-24-7-5-21(6-8-24)19-32-25-4-2-1-3-23(25)17-26(32)28(34)31-13-9-22(10-14-31)27(33)30-18-20-11-15-35-16-12-20/h1-8,20,22,26H,9-19H2,(H,30,33). The van der Waals surface area contributed by atoms with Gasteiger partial charge >= 0.3 is 0 Å². The van der Waals surface area contributed by atoms with Crippen LogP contribution >= 0.6 is 11.6 Å². The average molecular weight is 496 g/mol. The van der Waals surface area contributed by atoms with E-state index >= 15 is 0 Å². The minimum absolute atomic E-state index is 0.00941. The fraction of sp³-hybridized carbons (Fsp3) is 0.500. The van der Waals surface area contributed by atoms with E-state index < -0.39 is 0 Å². The Balaban J connectivity index is 1.19. The van der Waals surface area contributed by atoms with Crippen molar-refractivity contribution in [1.29, 1.82) is 0 Å². The molecule has 0 bridgehead atoms. The van der Waals surface area contributed by atoms with Gasteiger partial charge in [-0.3, -0.25) is 9.59 Å². The average Bonchev–Trinajstić information content (AvgIpc) is 3.27. The number of nitrogens with one attached hydrogen (secondary N) is 1. The smallest absolute Gasteiger partial charge is 0.245 e. The van der Waals surface area contributed by atoms with Crippen LogP contribution in [0.3, 0.4) is 0 Å². The third-order valence-electron chi connectivity index (χ3n) is 7.73. The number of hydrogen-bond acceptors (Lipinski definition) is 4. The molecule has 5 rings (SSSR count). The van der Waals surface area contributed by atoms with Crippen LogP contribution in [-0.4, -0.2) is 55.6 Å². The highest BCUT2D eigenvalue weighted by atomic mass is 35.5. The summed E-state index contributed by atoms with van der Waals surface area (Å²) in [5, 5.41) is 3.87. The number of rotatable bonds is 6. The van der Waals surface area contributed by atoms with E-state index in [1.165, 1.54) is 5.56 Å². The fourth-order valence-corrected chi connectivity index (χ4v) is 5.69. The van der Waals surface area contributed by atoms with Crippen molar-refractivity contribution >= 4 is 29.1 Å². The van der Waals surface area contributed by atoms with Crippen molar-refractivity contribution < 1.29 is 14.3 Å². The van der Waals surface area contributed by atoms with Gasteiger partial charge in [0.25, 0.3) is 0 Å². The highest BCUT2D eigenvalue weighted by Crippen LogP contribution is 2.35. The SMILES string of the molecule is O=C(NCC1CCOCC1)C1CCN(C(=O)C2Cc3ccccc3N2Cc2ccc(Cl)cc2)CC1. The van der Waals surface area contributed by atoms with Gasteiger partial charge in [-0.15, -0.1) is 0 Å². The second-order valence-electron chi connectivity index (χ2n) is 10.0. The molecule has 1 unspecified atom stereocenters. The van der Waals surface area contributed by atoms with Gasteiger partial charge < -0.3 is 19.9 Å². The van der Waals surface area contributed by atoms with Crippen LogP contribution in [-0.2, 0) is 27.3 Å². The Morgan fingerprint density at radius 3 is 2.43 bits per heavy atom. The molecule has 1 atom stereocenters. The van der Waals surface area contributed by atoms with E-state index in [-0.39, 0.29) is 23.8 Å². The van der Waals surface area contributed by atoms with Gasteiger partial charge in [0.05, 0.1) is 0 Å². The molecule has 0 aliphatic carbocycles. The van der Waals surface area contributed by atoms with Crippen LogP contribution in [0.5, 0.6) is 0 Å². The molecule has 2 aromatic carbocycles. The van der Waals surface area contributed by atoms with Gasteiger partial charge in [-0.1, -0.05) is 41.9 Å². The van der Waals surface area contributed by atoms with Crippen molar-refractivity contribution in [3.8, 4) is 0 Å². The van der Waals surface area contributed by atoms with Crippen molar-refractivity contribution in [3.63, 3.8) is 0 Å². The first-order valence-corrected chi connectivity index (χ1v) is 13.2. The van der Waals surface area contributed by atoms with E-state index in [0.717, 1.165) is 56.7 Å². The zero-order valence-corrected chi connectivity index (χ0v) is 20.9. The first kappa shape index (κ1) is 24.1. The van der Waals surface area contributed by atoms with Gasteiger partial charge in [-0.2, -0.15) is 0 Å². The Hall–Kier alpha value is -2.57. The van der Waals surface area contributed by atoms with Crippen molar-refractivity contribution in [3.05, 3.63) is 64.7 Å².